The van der Waals surface area contributed by atoms with Gasteiger partial charge in [0.05, 0.1) is 12.8 Å². The van der Waals surface area contributed by atoms with Crippen LogP contribution in [0.1, 0.15) is 68.5 Å². The molecular formula is C25H37N3O2. The summed E-state index contributed by atoms with van der Waals surface area (Å²) in [6.07, 6.45) is 5.81. The van der Waals surface area contributed by atoms with Crippen molar-refractivity contribution in [2.75, 3.05) is 13.7 Å². The number of para-hydroxylation sites is 1. The topological polar surface area (TPSA) is 56.1 Å². The van der Waals surface area contributed by atoms with E-state index in [1.165, 1.54) is 29.7 Å². The zero-order valence-corrected chi connectivity index (χ0v) is 19.3. The average Bonchev–Trinajstić information content (AvgIpc) is 3.30. The van der Waals surface area contributed by atoms with E-state index in [1.807, 2.05) is 19.1 Å². The lowest BCUT2D eigenvalue weighted by molar-refractivity contribution is -0.121. The Morgan fingerprint density at radius 1 is 1.23 bits per heavy atom. The molecule has 1 heterocycles. The van der Waals surface area contributed by atoms with Crippen LogP contribution in [-0.4, -0.2) is 29.3 Å². The predicted octanol–water partition coefficient (Wildman–Crippen LogP) is 4.73. The van der Waals surface area contributed by atoms with Crippen molar-refractivity contribution in [1.82, 2.24) is 15.1 Å². The molecule has 5 heteroatoms. The minimum absolute atomic E-state index is 0.0176. The van der Waals surface area contributed by atoms with Crippen molar-refractivity contribution in [3.05, 3.63) is 46.8 Å². The van der Waals surface area contributed by atoms with Gasteiger partial charge >= 0.3 is 0 Å². The SMILES string of the molecule is COc1ccccc1C1(CNC(=O)CCc2c(C)nn(CC(C)C)c2C)CCCC1. The highest BCUT2D eigenvalue weighted by Gasteiger charge is 2.38. The smallest absolute Gasteiger partial charge is 0.220 e. The van der Waals surface area contributed by atoms with Crippen molar-refractivity contribution in [3.63, 3.8) is 0 Å². The van der Waals surface area contributed by atoms with E-state index in [2.05, 4.69) is 48.0 Å². The molecule has 0 unspecified atom stereocenters. The van der Waals surface area contributed by atoms with Crippen LogP contribution in [0.4, 0.5) is 0 Å². The molecule has 1 aliphatic carbocycles. The number of aromatic nitrogens is 2. The first-order chi connectivity index (χ1) is 14.4. The van der Waals surface area contributed by atoms with Crippen LogP contribution in [0.3, 0.4) is 0 Å². The second kappa shape index (κ2) is 9.67. The van der Waals surface area contributed by atoms with Crippen molar-refractivity contribution in [3.8, 4) is 5.75 Å². The summed E-state index contributed by atoms with van der Waals surface area (Å²) in [5.74, 6) is 1.60. The Kier molecular flexibility index (Phi) is 7.22. The molecule has 0 bridgehead atoms. The number of amides is 1. The zero-order chi connectivity index (χ0) is 21.7. The molecule has 164 valence electrons. The molecule has 30 heavy (non-hydrogen) atoms. The number of benzene rings is 1. The van der Waals surface area contributed by atoms with Crippen LogP contribution in [-0.2, 0) is 23.2 Å². The van der Waals surface area contributed by atoms with Gasteiger partial charge in [-0.2, -0.15) is 5.10 Å². The molecule has 1 saturated carbocycles. The molecule has 0 aliphatic heterocycles. The predicted molar refractivity (Wildman–Crippen MR) is 121 cm³/mol. The molecule has 1 amide bonds. The number of carbonyl (C=O) groups excluding carboxylic acids is 1. The number of aryl methyl sites for hydroxylation is 1. The summed E-state index contributed by atoms with van der Waals surface area (Å²) in [7, 11) is 1.73. The maximum Gasteiger partial charge on any atom is 0.220 e. The summed E-state index contributed by atoms with van der Waals surface area (Å²) in [4.78, 5) is 12.7. The Morgan fingerprint density at radius 2 is 1.93 bits per heavy atom. The van der Waals surface area contributed by atoms with Gasteiger partial charge in [-0.05, 0) is 50.7 Å². The third kappa shape index (κ3) is 4.88. The maximum atomic E-state index is 12.7. The molecule has 3 rings (SSSR count). The van der Waals surface area contributed by atoms with Crippen molar-refractivity contribution < 1.29 is 9.53 Å². The summed E-state index contributed by atoms with van der Waals surface area (Å²) >= 11 is 0. The van der Waals surface area contributed by atoms with Gasteiger partial charge in [0.2, 0.25) is 5.91 Å². The van der Waals surface area contributed by atoms with E-state index >= 15 is 0 Å². The largest absolute Gasteiger partial charge is 0.496 e. The number of hydrogen-bond acceptors (Lipinski definition) is 3. The standard InChI is InChI=1S/C25H37N3O2/c1-18(2)16-28-20(4)21(19(3)27-28)12-13-24(29)26-17-25(14-8-9-15-25)22-10-6-7-11-23(22)30-5/h6-7,10-11,18H,8-9,12-17H2,1-5H3,(H,26,29). The van der Waals surface area contributed by atoms with Gasteiger partial charge in [0, 0.05) is 36.2 Å². The molecule has 1 N–H and O–H groups in total. The lowest BCUT2D eigenvalue weighted by Gasteiger charge is -2.31. The molecule has 5 nitrogen and oxygen atoms in total. The summed E-state index contributed by atoms with van der Waals surface area (Å²) in [5, 5.41) is 7.92. The van der Waals surface area contributed by atoms with Gasteiger partial charge in [0.1, 0.15) is 5.75 Å². The number of carbonyl (C=O) groups is 1. The van der Waals surface area contributed by atoms with Gasteiger partial charge < -0.3 is 10.1 Å². The first-order valence-electron chi connectivity index (χ1n) is 11.3. The third-order valence-corrected chi connectivity index (χ3v) is 6.53. The Balaban J connectivity index is 1.63. The van der Waals surface area contributed by atoms with Crippen LogP contribution in [0.2, 0.25) is 0 Å². The molecule has 1 aromatic heterocycles. The first kappa shape index (κ1) is 22.4. The third-order valence-electron chi connectivity index (χ3n) is 6.53. The first-order valence-corrected chi connectivity index (χ1v) is 11.3. The van der Waals surface area contributed by atoms with Gasteiger partial charge in [0.25, 0.3) is 0 Å². The van der Waals surface area contributed by atoms with Gasteiger partial charge in [-0.25, -0.2) is 0 Å². The molecule has 1 aliphatic rings. The average molecular weight is 412 g/mol. The summed E-state index contributed by atoms with van der Waals surface area (Å²) in [6.45, 7) is 10.2. The van der Waals surface area contributed by atoms with Crippen LogP contribution in [0.5, 0.6) is 5.75 Å². The Hall–Kier alpha value is -2.30. The lowest BCUT2D eigenvalue weighted by atomic mass is 9.78. The van der Waals surface area contributed by atoms with E-state index in [4.69, 9.17) is 4.74 Å². The van der Waals surface area contributed by atoms with Crippen LogP contribution in [0.25, 0.3) is 0 Å². The fourth-order valence-electron chi connectivity index (χ4n) is 4.89. The van der Waals surface area contributed by atoms with E-state index in [0.717, 1.165) is 37.3 Å². The quantitative estimate of drug-likeness (QED) is 0.649. The molecule has 0 atom stereocenters. The Bertz CT molecular complexity index is 863. The fourth-order valence-corrected chi connectivity index (χ4v) is 4.89. The Labute approximate surface area is 181 Å². The highest BCUT2D eigenvalue weighted by Crippen LogP contribution is 2.44. The van der Waals surface area contributed by atoms with Crippen molar-refractivity contribution in [1.29, 1.82) is 0 Å². The summed E-state index contributed by atoms with van der Waals surface area (Å²) in [6, 6.07) is 8.26. The number of hydrogen-bond donors (Lipinski definition) is 1. The van der Waals surface area contributed by atoms with Crippen molar-refractivity contribution in [2.45, 2.75) is 78.2 Å². The lowest BCUT2D eigenvalue weighted by Crippen LogP contribution is -2.39. The molecule has 2 aromatic rings. The number of nitrogens with zero attached hydrogens (tertiary/aromatic N) is 2. The number of rotatable bonds is 9. The van der Waals surface area contributed by atoms with Crippen LogP contribution >= 0.6 is 0 Å². The monoisotopic (exact) mass is 411 g/mol. The second-order valence-corrected chi connectivity index (χ2v) is 9.19. The van der Waals surface area contributed by atoms with Gasteiger partial charge in [0.15, 0.2) is 0 Å². The molecule has 1 fully saturated rings. The number of nitrogens with one attached hydrogen (secondary N) is 1. The summed E-state index contributed by atoms with van der Waals surface area (Å²) < 4.78 is 7.71. The molecule has 1 aromatic carbocycles. The van der Waals surface area contributed by atoms with Gasteiger partial charge in [-0.3, -0.25) is 9.48 Å². The second-order valence-electron chi connectivity index (χ2n) is 9.19. The van der Waals surface area contributed by atoms with Crippen LogP contribution < -0.4 is 10.1 Å². The molecular weight excluding hydrogens is 374 g/mol. The summed E-state index contributed by atoms with van der Waals surface area (Å²) in [5.41, 5.74) is 4.66. The zero-order valence-electron chi connectivity index (χ0n) is 19.3. The van der Waals surface area contributed by atoms with Crippen molar-refractivity contribution in [2.24, 2.45) is 5.92 Å². The van der Waals surface area contributed by atoms with Crippen LogP contribution in [0.15, 0.2) is 24.3 Å². The maximum absolute atomic E-state index is 12.7. The number of ether oxygens (including phenoxy) is 1. The minimum atomic E-state index is -0.0176. The van der Waals surface area contributed by atoms with Gasteiger partial charge in [-0.1, -0.05) is 44.9 Å². The van der Waals surface area contributed by atoms with Crippen LogP contribution in [0, 0.1) is 19.8 Å². The van der Waals surface area contributed by atoms with E-state index in [1.54, 1.807) is 7.11 Å². The molecule has 0 saturated heterocycles. The van der Waals surface area contributed by atoms with E-state index in [9.17, 15) is 4.79 Å². The van der Waals surface area contributed by atoms with Crippen molar-refractivity contribution >= 4 is 5.91 Å². The molecule has 0 radical (unpaired) electrons. The van der Waals surface area contributed by atoms with Gasteiger partial charge in [-0.15, -0.1) is 0 Å². The highest BCUT2D eigenvalue weighted by molar-refractivity contribution is 5.76. The Morgan fingerprint density at radius 3 is 2.60 bits per heavy atom. The van der Waals surface area contributed by atoms with E-state index in [0.29, 0.717) is 18.9 Å². The minimum Gasteiger partial charge on any atom is -0.496 e. The fraction of sp³-hybridized carbons (Fsp3) is 0.600. The molecule has 0 spiro atoms. The normalized spacial score (nSPS) is 15.5. The number of methoxy groups -OCH3 is 1. The van der Waals surface area contributed by atoms with E-state index in [-0.39, 0.29) is 11.3 Å². The highest BCUT2D eigenvalue weighted by atomic mass is 16.5. The van der Waals surface area contributed by atoms with E-state index < -0.39 is 0 Å².